The van der Waals surface area contributed by atoms with E-state index in [9.17, 15) is 14.5 Å². The highest BCUT2D eigenvalue weighted by Gasteiger charge is 2.39. The van der Waals surface area contributed by atoms with Gasteiger partial charge in [-0.2, -0.15) is 0 Å². The average Bonchev–Trinajstić information content (AvgIpc) is 3.02. The quantitative estimate of drug-likeness (QED) is 0.685. The van der Waals surface area contributed by atoms with E-state index >= 15 is 0 Å². The Labute approximate surface area is 152 Å². The molecule has 0 bridgehead atoms. The summed E-state index contributed by atoms with van der Waals surface area (Å²) in [6.45, 7) is 6.55. The Morgan fingerprint density at radius 3 is 2.44 bits per heavy atom. The highest BCUT2D eigenvalue weighted by atomic mass is 32.2. The van der Waals surface area contributed by atoms with E-state index in [1.54, 1.807) is 0 Å². The van der Waals surface area contributed by atoms with E-state index in [-0.39, 0.29) is 6.42 Å². The van der Waals surface area contributed by atoms with Crippen LogP contribution in [0.5, 0.6) is 0 Å². The SMILES string of the molecule is CC(C)(C)[S+]([O-])N[C@@H](CCC1(c2ccccc2)OCCO1)CC(=O)O. The number of benzene rings is 1. The Bertz CT molecular complexity index is 554. The van der Waals surface area contributed by atoms with Gasteiger partial charge in [-0.05, 0) is 27.2 Å². The second-order valence-electron chi connectivity index (χ2n) is 7.15. The summed E-state index contributed by atoms with van der Waals surface area (Å²) in [6.07, 6.45) is 0.860. The van der Waals surface area contributed by atoms with Crippen LogP contribution >= 0.6 is 0 Å². The zero-order valence-electron chi connectivity index (χ0n) is 15.0. The first-order valence-corrected chi connectivity index (χ1v) is 9.61. The van der Waals surface area contributed by atoms with E-state index < -0.39 is 33.9 Å². The molecule has 0 amide bonds. The van der Waals surface area contributed by atoms with Crippen LogP contribution in [0.3, 0.4) is 0 Å². The molecule has 6 nitrogen and oxygen atoms in total. The normalized spacial score (nSPS) is 19.5. The Hall–Kier alpha value is -1.12. The van der Waals surface area contributed by atoms with Crippen molar-refractivity contribution < 1.29 is 23.9 Å². The first-order chi connectivity index (χ1) is 11.7. The predicted molar refractivity (Wildman–Crippen MR) is 96.3 cm³/mol. The van der Waals surface area contributed by atoms with Crippen molar-refractivity contribution in [2.75, 3.05) is 13.2 Å². The standard InChI is InChI=1S/C18H27NO5S/c1-17(2,3)25(22)19-15(13-16(20)21)9-10-18(23-11-12-24-18)14-7-5-4-6-8-14/h4-8,15,19H,9-13H2,1-3H3,(H,20,21)/t15-,25?/m0/s1. The minimum absolute atomic E-state index is 0.104. The minimum Gasteiger partial charge on any atom is -0.598 e. The first kappa shape index (κ1) is 20.2. The largest absolute Gasteiger partial charge is 0.598 e. The third-order valence-electron chi connectivity index (χ3n) is 4.04. The zero-order valence-corrected chi connectivity index (χ0v) is 15.8. The number of hydrogen-bond donors (Lipinski definition) is 2. The third-order valence-corrected chi connectivity index (χ3v) is 5.70. The maximum atomic E-state index is 12.3. The van der Waals surface area contributed by atoms with Gasteiger partial charge in [0.25, 0.3) is 0 Å². The lowest BCUT2D eigenvalue weighted by molar-refractivity contribution is -0.172. The van der Waals surface area contributed by atoms with Gasteiger partial charge in [-0.1, -0.05) is 30.3 Å². The summed E-state index contributed by atoms with van der Waals surface area (Å²) < 4.78 is 26.6. The molecule has 0 spiro atoms. The predicted octanol–water partition coefficient (Wildman–Crippen LogP) is 2.56. The van der Waals surface area contributed by atoms with E-state index in [1.807, 2.05) is 51.1 Å². The molecule has 0 aliphatic carbocycles. The summed E-state index contributed by atoms with van der Waals surface area (Å²) in [4.78, 5) is 11.2. The van der Waals surface area contributed by atoms with Crippen molar-refractivity contribution in [1.82, 2.24) is 4.72 Å². The van der Waals surface area contributed by atoms with Gasteiger partial charge in [0.2, 0.25) is 0 Å². The fraction of sp³-hybridized carbons (Fsp3) is 0.611. The van der Waals surface area contributed by atoms with Crippen LogP contribution in [0, 0.1) is 0 Å². The molecule has 1 saturated heterocycles. The van der Waals surface area contributed by atoms with Crippen molar-refractivity contribution in [2.24, 2.45) is 0 Å². The number of ether oxygens (including phenoxy) is 2. The second-order valence-corrected chi connectivity index (χ2v) is 9.15. The van der Waals surface area contributed by atoms with Gasteiger partial charge in [0.15, 0.2) is 5.79 Å². The Kier molecular flexibility index (Phi) is 6.87. The monoisotopic (exact) mass is 369 g/mol. The molecule has 2 rings (SSSR count). The molecular weight excluding hydrogens is 342 g/mol. The molecule has 1 fully saturated rings. The summed E-state index contributed by atoms with van der Waals surface area (Å²) in [5, 5.41) is 9.17. The van der Waals surface area contributed by atoms with Gasteiger partial charge in [0.05, 0.1) is 25.7 Å². The van der Waals surface area contributed by atoms with Crippen molar-refractivity contribution in [3.05, 3.63) is 35.9 Å². The second kappa shape index (κ2) is 8.51. The molecule has 7 heteroatoms. The summed E-state index contributed by atoms with van der Waals surface area (Å²) in [6, 6.07) is 9.23. The van der Waals surface area contributed by atoms with Gasteiger partial charge in [-0.3, -0.25) is 4.79 Å². The van der Waals surface area contributed by atoms with E-state index in [2.05, 4.69) is 4.72 Å². The number of hydrogen-bond acceptors (Lipinski definition) is 5. The van der Waals surface area contributed by atoms with Crippen LogP contribution < -0.4 is 4.72 Å². The van der Waals surface area contributed by atoms with Crippen molar-refractivity contribution in [3.8, 4) is 0 Å². The van der Waals surface area contributed by atoms with Crippen LogP contribution in [0.4, 0.5) is 0 Å². The topological polar surface area (TPSA) is 90.9 Å². The van der Waals surface area contributed by atoms with Gasteiger partial charge in [-0.25, -0.2) is 0 Å². The summed E-state index contributed by atoms with van der Waals surface area (Å²) in [5.41, 5.74) is 0.915. The van der Waals surface area contributed by atoms with E-state index in [1.165, 1.54) is 0 Å². The molecule has 1 heterocycles. The Morgan fingerprint density at radius 1 is 1.32 bits per heavy atom. The number of aliphatic carboxylic acids is 1. The molecule has 1 aliphatic rings. The van der Waals surface area contributed by atoms with Crippen molar-refractivity contribution in [2.45, 2.75) is 56.6 Å². The lowest BCUT2D eigenvalue weighted by atomic mass is 9.97. The third kappa shape index (κ3) is 5.69. The zero-order chi connectivity index (χ0) is 18.5. The summed E-state index contributed by atoms with van der Waals surface area (Å²) in [7, 11) is 0. The number of carbonyl (C=O) groups is 1. The van der Waals surface area contributed by atoms with Crippen molar-refractivity contribution in [1.29, 1.82) is 0 Å². The molecule has 2 N–H and O–H groups in total. The van der Waals surface area contributed by atoms with Gasteiger partial charge >= 0.3 is 5.97 Å². The van der Waals surface area contributed by atoms with Crippen molar-refractivity contribution in [3.63, 3.8) is 0 Å². The lowest BCUT2D eigenvalue weighted by Crippen LogP contribution is -2.46. The fourth-order valence-corrected chi connectivity index (χ4v) is 3.57. The number of carboxylic acid groups (broad SMARTS) is 1. The lowest BCUT2D eigenvalue weighted by Gasteiger charge is -2.31. The summed E-state index contributed by atoms with van der Waals surface area (Å²) >= 11 is -1.34. The van der Waals surface area contributed by atoms with Gasteiger partial charge in [0.1, 0.15) is 4.75 Å². The molecule has 0 radical (unpaired) electrons. The first-order valence-electron chi connectivity index (χ1n) is 8.46. The van der Waals surface area contributed by atoms with Crippen LogP contribution in [0.1, 0.15) is 45.6 Å². The van der Waals surface area contributed by atoms with Crippen LogP contribution in [0.2, 0.25) is 0 Å². The van der Waals surface area contributed by atoms with Gasteiger partial charge in [-0.15, -0.1) is 4.72 Å². The van der Waals surface area contributed by atoms with E-state index in [4.69, 9.17) is 9.47 Å². The number of nitrogens with one attached hydrogen (secondary N) is 1. The molecule has 0 saturated carbocycles. The van der Waals surface area contributed by atoms with Crippen LogP contribution in [-0.4, -0.2) is 39.6 Å². The fourth-order valence-electron chi connectivity index (χ4n) is 2.71. The molecule has 2 atom stereocenters. The number of rotatable bonds is 8. The molecule has 140 valence electrons. The minimum atomic E-state index is -1.34. The molecule has 1 aromatic rings. The molecule has 1 aromatic carbocycles. The maximum absolute atomic E-state index is 12.3. The smallest absolute Gasteiger partial charge is 0.305 e. The average molecular weight is 369 g/mol. The van der Waals surface area contributed by atoms with Crippen LogP contribution in [-0.2, 0) is 31.4 Å². The molecule has 1 unspecified atom stereocenters. The van der Waals surface area contributed by atoms with Gasteiger partial charge in [0, 0.05) is 23.3 Å². The molecule has 25 heavy (non-hydrogen) atoms. The van der Waals surface area contributed by atoms with E-state index in [0.29, 0.717) is 26.1 Å². The molecular formula is C18H27NO5S. The van der Waals surface area contributed by atoms with Crippen LogP contribution in [0.15, 0.2) is 30.3 Å². The van der Waals surface area contributed by atoms with Crippen molar-refractivity contribution >= 4 is 17.3 Å². The Balaban J connectivity index is 2.08. The Morgan fingerprint density at radius 2 is 1.92 bits per heavy atom. The highest BCUT2D eigenvalue weighted by molar-refractivity contribution is 7.90. The number of carboxylic acids is 1. The van der Waals surface area contributed by atoms with Gasteiger partial charge < -0.3 is 19.1 Å². The van der Waals surface area contributed by atoms with E-state index in [0.717, 1.165) is 5.56 Å². The molecule has 0 aromatic heterocycles. The maximum Gasteiger partial charge on any atom is 0.305 e. The highest BCUT2D eigenvalue weighted by Crippen LogP contribution is 2.36. The van der Waals surface area contributed by atoms with Crippen LogP contribution in [0.25, 0.3) is 0 Å². The molecule has 1 aliphatic heterocycles. The summed E-state index contributed by atoms with van der Waals surface area (Å²) in [5.74, 6) is -1.78.